The van der Waals surface area contributed by atoms with Gasteiger partial charge in [0.05, 0.1) is 12.0 Å². The summed E-state index contributed by atoms with van der Waals surface area (Å²) in [7, 11) is -2.13. The van der Waals surface area contributed by atoms with Gasteiger partial charge in [-0.2, -0.15) is 0 Å². The van der Waals surface area contributed by atoms with Gasteiger partial charge >= 0.3 is 0 Å². The number of benzene rings is 1. The van der Waals surface area contributed by atoms with E-state index in [4.69, 9.17) is 4.74 Å². The van der Waals surface area contributed by atoms with Crippen LogP contribution < -0.4 is 9.46 Å². The van der Waals surface area contributed by atoms with Gasteiger partial charge < -0.3 is 4.74 Å². The van der Waals surface area contributed by atoms with E-state index in [2.05, 4.69) is 14.9 Å². The van der Waals surface area contributed by atoms with Gasteiger partial charge in [-0.15, -0.1) is 10.2 Å². The largest absolute Gasteiger partial charge is 0.496 e. The van der Waals surface area contributed by atoms with Crippen LogP contribution in [-0.2, 0) is 16.4 Å². The van der Waals surface area contributed by atoms with Gasteiger partial charge in [-0.25, -0.2) is 8.42 Å². The highest BCUT2D eigenvalue weighted by Gasteiger charge is 2.19. The third-order valence-electron chi connectivity index (χ3n) is 2.91. The van der Waals surface area contributed by atoms with E-state index in [-0.39, 0.29) is 10.0 Å². The molecular formula is C14H19N3O3S3. The molecule has 0 bridgehead atoms. The topological polar surface area (TPSA) is 81.2 Å². The Bertz CT molecular complexity index is 773. The van der Waals surface area contributed by atoms with Gasteiger partial charge in [-0.1, -0.05) is 43.9 Å². The second-order valence-corrected chi connectivity index (χ2v) is 9.46. The van der Waals surface area contributed by atoms with E-state index in [0.29, 0.717) is 17.4 Å². The smallest absolute Gasteiger partial charge is 0.263 e. The van der Waals surface area contributed by atoms with Crippen molar-refractivity contribution in [3.05, 3.63) is 23.8 Å². The summed E-state index contributed by atoms with van der Waals surface area (Å²) in [4.78, 5) is 0.184. The molecule has 2 rings (SSSR count). The van der Waals surface area contributed by atoms with Gasteiger partial charge in [0.2, 0.25) is 5.13 Å². The maximum atomic E-state index is 12.5. The fourth-order valence-corrected chi connectivity index (χ4v) is 5.13. The number of nitrogens with zero attached hydrogens (tertiary/aromatic N) is 2. The Kier molecular flexibility index (Phi) is 5.88. The van der Waals surface area contributed by atoms with Crippen LogP contribution in [0.25, 0.3) is 0 Å². The van der Waals surface area contributed by atoms with Crippen molar-refractivity contribution in [3.63, 3.8) is 0 Å². The Hall–Kier alpha value is -1.32. The number of aryl methyl sites for hydroxylation is 1. The molecule has 0 aliphatic carbocycles. The Morgan fingerprint density at radius 3 is 2.70 bits per heavy atom. The Balaban J connectivity index is 2.23. The van der Waals surface area contributed by atoms with E-state index in [9.17, 15) is 8.42 Å². The average Bonchev–Trinajstić information content (AvgIpc) is 2.91. The lowest BCUT2D eigenvalue weighted by atomic mass is 10.1. The second kappa shape index (κ2) is 7.50. The zero-order valence-electron chi connectivity index (χ0n) is 13.4. The lowest BCUT2D eigenvalue weighted by molar-refractivity contribution is 0.409. The SMILES string of the molecule is CCc1cc(S(=O)(=O)Nc2nnc(SC(C)C)s2)ccc1OC. The number of hydrogen-bond donors (Lipinski definition) is 1. The number of anilines is 1. The standard InChI is InChI=1S/C14H19N3O3S3/c1-5-10-8-11(6-7-12(10)20-4)23(18,19)17-13-15-16-14(22-13)21-9(2)3/h6-9H,5H2,1-4H3,(H,15,17). The number of sulfonamides is 1. The van der Waals surface area contributed by atoms with Gasteiger partial charge in [0.15, 0.2) is 4.34 Å². The summed E-state index contributed by atoms with van der Waals surface area (Å²) in [6, 6.07) is 4.80. The third kappa shape index (κ3) is 4.58. The fraction of sp³-hybridized carbons (Fsp3) is 0.429. The van der Waals surface area contributed by atoms with Crippen molar-refractivity contribution in [1.82, 2.24) is 10.2 Å². The lowest BCUT2D eigenvalue weighted by Crippen LogP contribution is -2.13. The second-order valence-electron chi connectivity index (χ2n) is 4.97. The summed E-state index contributed by atoms with van der Waals surface area (Å²) >= 11 is 2.77. The van der Waals surface area contributed by atoms with Crippen molar-refractivity contribution < 1.29 is 13.2 Å². The predicted molar refractivity (Wildman–Crippen MR) is 94.1 cm³/mol. The van der Waals surface area contributed by atoms with Crippen molar-refractivity contribution in [2.45, 2.75) is 41.7 Å². The van der Waals surface area contributed by atoms with E-state index >= 15 is 0 Å². The molecule has 0 atom stereocenters. The van der Waals surface area contributed by atoms with Crippen LogP contribution in [0.1, 0.15) is 26.3 Å². The molecule has 0 aliphatic heterocycles. The molecule has 6 nitrogen and oxygen atoms in total. The molecule has 9 heteroatoms. The molecule has 1 heterocycles. The first-order valence-electron chi connectivity index (χ1n) is 7.05. The molecule has 0 amide bonds. The van der Waals surface area contributed by atoms with Crippen LogP contribution in [0.2, 0.25) is 0 Å². The maximum absolute atomic E-state index is 12.5. The summed E-state index contributed by atoms with van der Waals surface area (Å²) in [6.45, 7) is 6.03. The van der Waals surface area contributed by atoms with Gasteiger partial charge in [0, 0.05) is 5.25 Å². The highest BCUT2D eigenvalue weighted by atomic mass is 32.2. The van der Waals surface area contributed by atoms with Crippen LogP contribution >= 0.6 is 23.1 Å². The molecule has 0 radical (unpaired) electrons. The van der Waals surface area contributed by atoms with Crippen LogP contribution in [-0.4, -0.2) is 31.0 Å². The number of methoxy groups -OCH3 is 1. The molecule has 0 fully saturated rings. The molecule has 0 unspecified atom stereocenters. The molecule has 1 N–H and O–H groups in total. The van der Waals surface area contributed by atoms with Crippen LogP contribution in [0.4, 0.5) is 5.13 Å². The average molecular weight is 374 g/mol. The summed E-state index contributed by atoms with van der Waals surface area (Å²) in [5.41, 5.74) is 0.837. The molecule has 2 aromatic rings. The fourth-order valence-electron chi connectivity index (χ4n) is 1.87. The summed E-state index contributed by atoms with van der Waals surface area (Å²) in [6.07, 6.45) is 0.681. The first kappa shape index (κ1) is 18.0. The minimum Gasteiger partial charge on any atom is -0.496 e. The first-order valence-corrected chi connectivity index (χ1v) is 10.2. The van der Waals surface area contributed by atoms with Gasteiger partial charge in [-0.05, 0) is 30.2 Å². The van der Waals surface area contributed by atoms with Crippen LogP contribution in [0.5, 0.6) is 5.75 Å². The van der Waals surface area contributed by atoms with Crippen LogP contribution in [0, 0.1) is 0 Å². The van der Waals surface area contributed by atoms with Crippen molar-refractivity contribution in [1.29, 1.82) is 0 Å². The van der Waals surface area contributed by atoms with Crippen molar-refractivity contribution in [3.8, 4) is 5.75 Å². The number of aromatic nitrogens is 2. The number of hydrogen-bond acceptors (Lipinski definition) is 7. The molecule has 0 aliphatic rings. The highest BCUT2D eigenvalue weighted by Crippen LogP contribution is 2.30. The monoisotopic (exact) mass is 373 g/mol. The summed E-state index contributed by atoms with van der Waals surface area (Å²) in [5.74, 6) is 0.679. The van der Waals surface area contributed by atoms with E-state index < -0.39 is 10.0 Å². The van der Waals surface area contributed by atoms with E-state index in [1.54, 1.807) is 31.0 Å². The van der Waals surface area contributed by atoms with E-state index in [0.717, 1.165) is 9.90 Å². The molecule has 126 valence electrons. The molecule has 1 aromatic carbocycles. The van der Waals surface area contributed by atoms with Gasteiger partial charge in [0.25, 0.3) is 10.0 Å². The molecular weight excluding hydrogens is 354 g/mol. The van der Waals surface area contributed by atoms with Gasteiger partial charge in [-0.3, -0.25) is 4.72 Å². The number of nitrogens with one attached hydrogen (secondary N) is 1. The number of ether oxygens (including phenoxy) is 1. The van der Waals surface area contributed by atoms with Crippen LogP contribution in [0.3, 0.4) is 0 Å². The first-order chi connectivity index (χ1) is 10.9. The quantitative estimate of drug-likeness (QED) is 0.749. The molecule has 23 heavy (non-hydrogen) atoms. The van der Waals surface area contributed by atoms with Crippen molar-refractivity contribution in [2.75, 3.05) is 11.8 Å². The minimum absolute atomic E-state index is 0.184. The van der Waals surface area contributed by atoms with E-state index in [1.807, 2.05) is 20.8 Å². The Morgan fingerprint density at radius 2 is 2.09 bits per heavy atom. The Labute approximate surface area is 144 Å². The molecule has 0 spiro atoms. The van der Waals surface area contributed by atoms with E-state index in [1.165, 1.54) is 17.4 Å². The molecule has 0 saturated carbocycles. The highest BCUT2D eigenvalue weighted by molar-refractivity contribution is 8.01. The number of thioether (sulfide) groups is 1. The minimum atomic E-state index is -3.69. The third-order valence-corrected chi connectivity index (χ3v) is 6.30. The zero-order valence-corrected chi connectivity index (χ0v) is 15.8. The van der Waals surface area contributed by atoms with Crippen molar-refractivity contribution >= 4 is 38.3 Å². The normalized spacial score (nSPS) is 11.7. The van der Waals surface area contributed by atoms with Crippen molar-refractivity contribution in [2.24, 2.45) is 0 Å². The van der Waals surface area contributed by atoms with Crippen LogP contribution in [0.15, 0.2) is 27.4 Å². The summed E-state index contributed by atoms with van der Waals surface area (Å²) < 4.78 is 33.4. The zero-order chi connectivity index (χ0) is 17.0. The van der Waals surface area contributed by atoms with Gasteiger partial charge in [0.1, 0.15) is 5.75 Å². The number of rotatable bonds is 7. The molecule has 1 aromatic heterocycles. The maximum Gasteiger partial charge on any atom is 0.263 e. The predicted octanol–water partition coefficient (Wildman–Crippen LogP) is 3.41. The summed E-state index contributed by atoms with van der Waals surface area (Å²) in [5, 5.41) is 8.50. The Morgan fingerprint density at radius 1 is 1.35 bits per heavy atom. The molecule has 0 saturated heterocycles. The lowest BCUT2D eigenvalue weighted by Gasteiger charge is -2.10.